The van der Waals surface area contributed by atoms with Crippen LogP contribution in [0, 0.1) is 0 Å². The van der Waals surface area contributed by atoms with Crippen LogP contribution in [0.3, 0.4) is 0 Å². The van der Waals surface area contributed by atoms with Gasteiger partial charge in [0.05, 0.1) is 18.7 Å². The molecule has 2 aromatic carbocycles. The van der Waals surface area contributed by atoms with Gasteiger partial charge in [-0.15, -0.1) is 5.10 Å². The average molecular weight is 322 g/mol. The van der Waals surface area contributed by atoms with Crippen molar-refractivity contribution < 1.29 is 4.74 Å². The van der Waals surface area contributed by atoms with Gasteiger partial charge >= 0.3 is 0 Å². The highest BCUT2D eigenvalue weighted by atomic mass is 16.5. The van der Waals surface area contributed by atoms with E-state index in [1.165, 1.54) is 5.56 Å². The fourth-order valence-corrected chi connectivity index (χ4v) is 3.38. The summed E-state index contributed by atoms with van der Waals surface area (Å²) in [5.74, 6) is 0. The van der Waals surface area contributed by atoms with Crippen LogP contribution in [0.1, 0.15) is 18.2 Å². The Morgan fingerprint density at radius 3 is 2.54 bits per heavy atom. The molecule has 0 spiro atoms. The summed E-state index contributed by atoms with van der Waals surface area (Å²) < 4.78 is 7.62. The lowest BCUT2D eigenvalue weighted by atomic mass is 10.1. The van der Waals surface area contributed by atoms with Gasteiger partial charge in [-0.25, -0.2) is 4.68 Å². The Morgan fingerprint density at radius 1 is 0.958 bits per heavy atom. The van der Waals surface area contributed by atoms with Crippen LogP contribution in [0.15, 0.2) is 54.6 Å². The number of hydrogen-bond acceptors (Lipinski definition) is 4. The Balaban J connectivity index is 1.62. The lowest BCUT2D eigenvalue weighted by Gasteiger charge is -2.34. The fourth-order valence-electron chi connectivity index (χ4n) is 3.38. The van der Waals surface area contributed by atoms with Crippen molar-refractivity contribution in [3.8, 4) is 0 Å². The number of hydrogen-bond donors (Lipinski definition) is 0. The van der Waals surface area contributed by atoms with Gasteiger partial charge in [0.25, 0.3) is 0 Å². The minimum atomic E-state index is 0.210. The molecule has 5 nitrogen and oxygen atoms in total. The summed E-state index contributed by atoms with van der Waals surface area (Å²) in [6.45, 7) is 3.45. The maximum atomic E-state index is 5.53. The Morgan fingerprint density at radius 2 is 1.71 bits per heavy atom. The van der Waals surface area contributed by atoms with Crippen molar-refractivity contribution in [3.05, 3.63) is 60.2 Å². The molecule has 0 amide bonds. The van der Waals surface area contributed by atoms with Gasteiger partial charge < -0.3 is 4.74 Å². The van der Waals surface area contributed by atoms with Gasteiger partial charge in [0.2, 0.25) is 0 Å². The van der Waals surface area contributed by atoms with Gasteiger partial charge in [-0.05, 0) is 30.5 Å². The molecule has 2 heterocycles. The quantitative estimate of drug-likeness (QED) is 0.724. The summed E-state index contributed by atoms with van der Waals surface area (Å²) in [7, 11) is 0. The van der Waals surface area contributed by atoms with Crippen LogP contribution < -0.4 is 0 Å². The zero-order valence-corrected chi connectivity index (χ0v) is 13.7. The van der Waals surface area contributed by atoms with Crippen molar-refractivity contribution in [1.29, 1.82) is 0 Å². The number of aromatic nitrogens is 3. The van der Waals surface area contributed by atoms with Crippen molar-refractivity contribution in [1.82, 2.24) is 19.9 Å². The summed E-state index contributed by atoms with van der Waals surface area (Å²) in [6, 6.07) is 18.8. The molecule has 1 aliphatic rings. The molecule has 0 radical (unpaired) electrons. The number of para-hydroxylation sites is 1. The van der Waals surface area contributed by atoms with Gasteiger partial charge in [0.1, 0.15) is 11.7 Å². The molecule has 124 valence electrons. The standard InChI is InChI=1S/C19H22N4O/c1-2-6-16(7-3-1)10-11-19(22-12-14-24-15-13-22)23-18-9-5-4-8-17(18)20-21-23/h1-9,19H,10-15H2. The smallest absolute Gasteiger partial charge is 0.113 e. The normalized spacial score (nSPS) is 17.2. The van der Waals surface area contributed by atoms with E-state index < -0.39 is 0 Å². The van der Waals surface area contributed by atoms with E-state index in [1.54, 1.807) is 0 Å². The molecule has 1 aromatic heterocycles. The first-order valence-corrected chi connectivity index (χ1v) is 8.57. The number of rotatable bonds is 5. The molecule has 0 saturated carbocycles. The third-order valence-corrected chi connectivity index (χ3v) is 4.66. The molecule has 24 heavy (non-hydrogen) atoms. The van der Waals surface area contributed by atoms with Crippen LogP contribution in [0.2, 0.25) is 0 Å². The van der Waals surface area contributed by atoms with Crippen molar-refractivity contribution in [2.75, 3.05) is 26.3 Å². The molecular weight excluding hydrogens is 300 g/mol. The molecule has 4 rings (SSSR count). The zero-order valence-electron chi connectivity index (χ0n) is 13.7. The third-order valence-electron chi connectivity index (χ3n) is 4.66. The van der Waals surface area contributed by atoms with Gasteiger partial charge in [-0.1, -0.05) is 47.7 Å². The van der Waals surface area contributed by atoms with Gasteiger partial charge in [0, 0.05) is 13.1 Å². The second-order valence-electron chi connectivity index (χ2n) is 6.18. The van der Waals surface area contributed by atoms with Gasteiger partial charge in [-0.3, -0.25) is 4.90 Å². The minimum Gasteiger partial charge on any atom is -0.379 e. The molecule has 1 atom stereocenters. The Bertz CT molecular complexity index is 780. The van der Waals surface area contributed by atoms with Crippen LogP contribution in [-0.2, 0) is 11.2 Å². The number of nitrogens with zero attached hydrogens (tertiary/aromatic N) is 4. The van der Waals surface area contributed by atoms with Crippen LogP contribution in [0.25, 0.3) is 11.0 Å². The molecular formula is C19H22N4O. The van der Waals surface area contributed by atoms with Crippen LogP contribution in [0.5, 0.6) is 0 Å². The van der Waals surface area contributed by atoms with E-state index >= 15 is 0 Å². The van der Waals surface area contributed by atoms with Crippen LogP contribution in [-0.4, -0.2) is 46.2 Å². The van der Waals surface area contributed by atoms with E-state index in [1.807, 2.05) is 12.1 Å². The number of fused-ring (bicyclic) bond motifs is 1. The first-order valence-electron chi connectivity index (χ1n) is 8.57. The lowest BCUT2D eigenvalue weighted by molar-refractivity contribution is -0.00673. The Kier molecular flexibility index (Phi) is 4.53. The van der Waals surface area contributed by atoms with Crippen molar-refractivity contribution >= 4 is 11.0 Å². The Labute approximate surface area is 141 Å². The largest absolute Gasteiger partial charge is 0.379 e. The van der Waals surface area contributed by atoms with E-state index in [0.29, 0.717) is 0 Å². The first-order chi connectivity index (χ1) is 11.9. The molecule has 0 aliphatic carbocycles. The number of benzene rings is 2. The lowest BCUT2D eigenvalue weighted by Crippen LogP contribution is -2.42. The molecule has 0 N–H and O–H groups in total. The number of morpholine rings is 1. The molecule has 1 saturated heterocycles. The molecule has 1 aliphatic heterocycles. The monoisotopic (exact) mass is 322 g/mol. The van der Waals surface area contributed by atoms with Crippen molar-refractivity contribution in [3.63, 3.8) is 0 Å². The average Bonchev–Trinajstić information content (AvgIpc) is 3.08. The van der Waals surface area contributed by atoms with Gasteiger partial charge in [-0.2, -0.15) is 0 Å². The molecule has 1 fully saturated rings. The summed E-state index contributed by atoms with van der Waals surface area (Å²) in [5, 5.41) is 8.81. The summed E-state index contributed by atoms with van der Waals surface area (Å²) in [6.07, 6.45) is 2.25. The number of ether oxygens (including phenoxy) is 1. The molecule has 5 heteroatoms. The highest BCUT2D eigenvalue weighted by Crippen LogP contribution is 2.24. The van der Waals surface area contributed by atoms with Crippen molar-refractivity contribution in [2.45, 2.75) is 19.0 Å². The second-order valence-corrected chi connectivity index (χ2v) is 6.18. The van der Waals surface area contributed by atoms with E-state index in [-0.39, 0.29) is 6.17 Å². The van der Waals surface area contributed by atoms with Crippen LogP contribution >= 0.6 is 0 Å². The summed E-state index contributed by atoms with van der Waals surface area (Å²) in [4.78, 5) is 2.47. The van der Waals surface area contributed by atoms with E-state index in [0.717, 1.165) is 50.2 Å². The highest BCUT2D eigenvalue weighted by molar-refractivity contribution is 5.73. The van der Waals surface area contributed by atoms with Crippen LogP contribution in [0.4, 0.5) is 0 Å². The van der Waals surface area contributed by atoms with E-state index in [2.05, 4.69) is 62.4 Å². The predicted molar refractivity (Wildman–Crippen MR) is 93.7 cm³/mol. The highest BCUT2D eigenvalue weighted by Gasteiger charge is 2.24. The summed E-state index contributed by atoms with van der Waals surface area (Å²) in [5.41, 5.74) is 3.41. The molecule has 3 aromatic rings. The van der Waals surface area contributed by atoms with E-state index in [4.69, 9.17) is 4.74 Å². The van der Waals surface area contributed by atoms with Gasteiger partial charge in [0.15, 0.2) is 0 Å². The SMILES string of the molecule is c1ccc(CCC(N2CCOCC2)n2nnc3ccccc32)cc1. The molecule has 0 bridgehead atoms. The topological polar surface area (TPSA) is 43.2 Å². The summed E-state index contributed by atoms with van der Waals surface area (Å²) >= 11 is 0. The van der Waals surface area contributed by atoms with E-state index in [9.17, 15) is 0 Å². The zero-order chi connectivity index (χ0) is 16.2. The predicted octanol–water partition coefficient (Wildman–Crippen LogP) is 2.89. The number of aryl methyl sites for hydroxylation is 1. The second kappa shape index (κ2) is 7.11. The Hall–Kier alpha value is -2.24. The minimum absolute atomic E-state index is 0.210. The van der Waals surface area contributed by atoms with Crippen molar-refractivity contribution in [2.24, 2.45) is 0 Å². The molecule has 1 unspecified atom stereocenters. The first kappa shape index (κ1) is 15.3. The maximum absolute atomic E-state index is 5.53. The third kappa shape index (κ3) is 3.18. The maximum Gasteiger partial charge on any atom is 0.113 e. The fraction of sp³-hybridized carbons (Fsp3) is 0.368.